The van der Waals surface area contributed by atoms with Gasteiger partial charge >= 0.3 is 0 Å². The van der Waals surface area contributed by atoms with E-state index in [4.69, 9.17) is 14.2 Å². The molecule has 1 amide bonds. The van der Waals surface area contributed by atoms with Crippen molar-refractivity contribution in [3.8, 4) is 28.6 Å². The average Bonchev–Trinajstić information content (AvgIpc) is 3.12. The molecule has 9 heteroatoms. The van der Waals surface area contributed by atoms with Gasteiger partial charge in [-0.2, -0.15) is 0 Å². The Morgan fingerprint density at radius 3 is 2.52 bits per heavy atom. The van der Waals surface area contributed by atoms with E-state index in [1.54, 1.807) is 39.5 Å². The Morgan fingerprint density at radius 1 is 1.03 bits per heavy atom. The maximum atomic E-state index is 12.4. The van der Waals surface area contributed by atoms with Gasteiger partial charge in [0.15, 0.2) is 11.0 Å². The highest BCUT2D eigenvalue weighted by molar-refractivity contribution is 7.99. The number of ether oxygens (including phenoxy) is 3. The summed E-state index contributed by atoms with van der Waals surface area (Å²) in [6.07, 6.45) is 0. The number of nitrogens with one attached hydrogen (secondary N) is 1. The minimum Gasteiger partial charge on any atom is -0.497 e. The van der Waals surface area contributed by atoms with Gasteiger partial charge in [0.05, 0.1) is 38.3 Å². The lowest BCUT2D eigenvalue weighted by atomic mass is 10.2. The highest BCUT2D eigenvalue weighted by Gasteiger charge is 2.16. The van der Waals surface area contributed by atoms with E-state index in [-0.39, 0.29) is 11.7 Å². The molecule has 3 rings (SSSR count). The van der Waals surface area contributed by atoms with Crippen molar-refractivity contribution in [1.82, 2.24) is 14.8 Å². The first-order chi connectivity index (χ1) is 14.1. The first-order valence-corrected chi connectivity index (χ1v) is 9.73. The van der Waals surface area contributed by atoms with Crippen LogP contribution in [0.1, 0.15) is 0 Å². The Bertz CT molecular complexity index is 1010. The first-order valence-electron chi connectivity index (χ1n) is 8.74. The SMILES string of the molecule is COc1ccc(OC)c(NC(=O)CSc2nnc(-c3ccccc3OC)n2C)c1. The number of thioether (sulfide) groups is 1. The second kappa shape index (κ2) is 9.33. The van der Waals surface area contributed by atoms with E-state index in [0.29, 0.717) is 33.9 Å². The molecule has 0 saturated carbocycles. The van der Waals surface area contributed by atoms with Gasteiger partial charge in [-0.3, -0.25) is 4.79 Å². The van der Waals surface area contributed by atoms with Crippen LogP contribution in [0.5, 0.6) is 17.2 Å². The largest absolute Gasteiger partial charge is 0.497 e. The predicted octanol–water partition coefficient (Wildman–Crippen LogP) is 3.24. The van der Waals surface area contributed by atoms with Crippen molar-refractivity contribution >= 4 is 23.4 Å². The number of hydrogen-bond donors (Lipinski definition) is 1. The van der Waals surface area contributed by atoms with Crippen LogP contribution in [0, 0.1) is 0 Å². The number of carbonyl (C=O) groups is 1. The van der Waals surface area contributed by atoms with Gasteiger partial charge in [-0.25, -0.2) is 0 Å². The summed E-state index contributed by atoms with van der Waals surface area (Å²) in [6.45, 7) is 0. The van der Waals surface area contributed by atoms with Gasteiger partial charge in [0.25, 0.3) is 0 Å². The quantitative estimate of drug-likeness (QED) is 0.566. The van der Waals surface area contributed by atoms with Crippen molar-refractivity contribution in [1.29, 1.82) is 0 Å². The molecule has 0 aliphatic carbocycles. The summed E-state index contributed by atoms with van der Waals surface area (Å²) in [6, 6.07) is 12.8. The molecule has 0 aliphatic rings. The molecule has 1 heterocycles. The summed E-state index contributed by atoms with van der Waals surface area (Å²) in [4.78, 5) is 12.4. The van der Waals surface area contributed by atoms with Crippen molar-refractivity contribution in [2.45, 2.75) is 5.16 Å². The number of para-hydroxylation sites is 1. The van der Waals surface area contributed by atoms with Crippen LogP contribution in [0.15, 0.2) is 47.6 Å². The Balaban J connectivity index is 1.70. The van der Waals surface area contributed by atoms with Crippen molar-refractivity contribution in [2.24, 2.45) is 7.05 Å². The summed E-state index contributed by atoms with van der Waals surface area (Å²) >= 11 is 1.29. The molecule has 0 fully saturated rings. The van der Waals surface area contributed by atoms with Gasteiger partial charge in [-0.1, -0.05) is 23.9 Å². The average molecular weight is 414 g/mol. The van der Waals surface area contributed by atoms with E-state index in [1.807, 2.05) is 35.9 Å². The Morgan fingerprint density at radius 2 is 1.79 bits per heavy atom. The van der Waals surface area contributed by atoms with E-state index in [0.717, 1.165) is 5.56 Å². The molecule has 8 nitrogen and oxygen atoms in total. The molecule has 3 aromatic rings. The third kappa shape index (κ3) is 4.62. The molecule has 2 aromatic carbocycles. The fourth-order valence-electron chi connectivity index (χ4n) is 2.73. The van der Waals surface area contributed by atoms with Gasteiger partial charge in [-0.05, 0) is 24.3 Å². The predicted molar refractivity (Wildman–Crippen MR) is 112 cm³/mol. The summed E-state index contributed by atoms with van der Waals surface area (Å²) in [5, 5.41) is 11.9. The van der Waals surface area contributed by atoms with Gasteiger partial charge in [-0.15, -0.1) is 10.2 Å². The van der Waals surface area contributed by atoms with Crippen LogP contribution in [-0.4, -0.2) is 47.8 Å². The van der Waals surface area contributed by atoms with Crippen LogP contribution in [0.4, 0.5) is 5.69 Å². The van der Waals surface area contributed by atoms with Crippen molar-refractivity contribution in [3.63, 3.8) is 0 Å². The molecule has 0 radical (unpaired) electrons. The molecule has 152 valence electrons. The smallest absolute Gasteiger partial charge is 0.234 e. The number of rotatable bonds is 8. The molecule has 1 aromatic heterocycles. The van der Waals surface area contributed by atoms with E-state index < -0.39 is 0 Å². The number of benzene rings is 2. The van der Waals surface area contributed by atoms with Gasteiger partial charge in [0.1, 0.15) is 17.2 Å². The Hall–Kier alpha value is -3.20. The van der Waals surface area contributed by atoms with Gasteiger partial charge in [0, 0.05) is 13.1 Å². The van der Waals surface area contributed by atoms with Crippen LogP contribution < -0.4 is 19.5 Å². The van der Waals surface area contributed by atoms with Gasteiger partial charge in [0.2, 0.25) is 5.91 Å². The van der Waals surface area contributed by atoms with E-state index in [9.17, 15) is 4.79 Å². The van der Waals surface area contributed by atoms with Crippen molar-refractivity contribution < 1.29 is 19.0 Å². The lowest BCUT2D eigenvalue weighted by Crippen LogP contribution is -2.15. The van der Waals surface area contributed by atoms with Crippen LogP contribution in [0.25, 0.3) is 11.4 Å². The summed E-state index contributed by atoms with van der Waals surface area (Å²) in [5.41, 5.74) is 1.38. The number of methoxy groups -OCH3 is 3. The van der Waals surface area contributed by atoms with E-state index >= 15 is 0 Å². The van der Waals surface area contributed by atoms with E-state index in [2.05, 4.69) is 15.5 Å². The number of amides is 1. The van der Waals surface area contributed by atoms with Crippen LogP contribution in [0.2, 0.25) is 0 Å². The summed E-state index contributed by atoms with van der Waals surface area (Å²) < 4.78 is 17.7. The maximum absolute atomic E-state index is 12.4. The number of aromatic nitrogens is 3. The number of nitrogens with zero attached hydrogens (tertiary/aromatic N) is 3. The summed E-state index contributed by atoms with van der Waals surface area (Å²) in [7, 11) is 6.58. The molecular formula is C20H22N4O4S. The normalized spacial score (nSPS) is 10.5. The molecule has 1 N–H and O–H groups in total. The third-order valence-corrected chi connectivity index (χ3v) is 5.22. The Labute approximate surface area is 173 Å². The highest BCUT2D eigenvalue weighted by atomic mass is 32.2. The number of carbonyl (C=O) groups excluding carboxylic acids is 1. The molecule has 0 unspecified atom stereocenters. The highest BCUT2D eigenvalue weighted by Crippen LogP contribution is 2.31. The molecule has 0 aliphatic heterocycles. The second-order valence-corrected chi connectivity index (χ2v) is 6.91. The summed E-state index contributed by atoms with van der Waals surface area (Å²) in [5.74, 6) is 2.54. The lowest BCUT2D eigenvalue weighted by molar-refractivity contribution is -0.113. The lowest BCUT2D eigenvalue weighted by Gasteiger charge is -2.11. The minimum absolute atomic E-state index is 0.165. The van der Waals surface area contributed by atoms with Crippen LogP contribution in [-0.2, 0) is 11.8 Å². The molecule has 0 saturated heterocycles. The Kier molecular flexibility index (Phi) is 6.61. The van der Waals surface area contributed by atoms with Crippen LogP contribution >= 0.6 is 11.8 Å². The fraction of sp³-hybridized carbons (Fsp3) is 0.250. The van der Waals surface area contributed by atoms with Gasteiger partial charge < -0.3 is 24.1 Å². The fourth-order valence-corrected chi connectivity index (χ4v) is 3.44. The minimum atomic E-state index is -0.191. The zero-order valence-corrected chi connectivity index (χ0v) is 17.4. The molecule has 29 heavy (non-hydrogen) atoms. The second-order valence-electron chi connectivity index (χ2n) is 5.97. The molecular weight excluding hydrogens is 392 g/mol. The number of hydrogen-bond acceptors (Lipinski definition) is 7. The number of anilines is 1. The molecule has 0 atom stereocenters. The topological polar surface area (TPSA) is 87.5 Å². The van der Waals surface area contributed by atoms with Crippen LogP contribution in [0.3, 0.4) is 0 Å². The third-order valence-electron chi connectivity index (χ3n) is 4.20. The zero-order valence-electron chi connectivity index (χ0n) is 16.6. The molecule has 0 bridgehead atoms. The standard InChI is InChI=1S/C20H22N4O4S/c1-24-19(14-7-5-6-8-16(14)27-3)22-23-20(24)29-12-18(25)21-15-11-13(26-2)9-10-17(15)28-4/h5-11H,12H2,1-4H3,(H,21,25). The van der Waals surface area contributed by atoms with Crippen molar-refractivity contribution in [2.75, 3.05) is 32.4 Å². The zero-order chi connectivity index (χ0) is 20.8. The first kappa shape index (κ1) is 20.5. The maximum Gasteiger partial charge on any atom is 0.234 e. The van der Waals surface area contributed by atoms with Crippen molar-refractivity contribution in [3.05, 3.63) is 42.5 Å². The van der Waals surface area contributed by atoms with E-state index in [1.165, 1.54) is 11.8 Å². The molecule has 0 spiro atoms. The monoisotopic (exact) mass is 414 g/mol.